The Morgan fingerprint density at radius 1 is 1.19 bits per heavy atom. The lowest BCUT2D eigenvalue weighted by molar-refractivity contribution is -0.138. The van der Waals surface area contributed by atoms with Crippen molar-refractivity contribution in [2.24, 2.45) is 5.41 Å². The summed E-state index contributed by atoms with van der Waals surface area (Å²) in [6.07, 6.45) is 5.28. The first-order valence-electron chi connectivity index (χ1n) is 9.99. The number of hydrogen-bond acceptors (Lipinski definition) is 5. The van der Waals surface area contributed by atoms with Crippen molar-refractivity contribution in [1.82, 2.24) is 19.8 Å². The van der Waals surface area contributed by atoms with Crippen molar-refractivity contribution in [3.63, 3.8) is 0 Å². The van der Waals surface area contributed by atoms with E-state index < -0.39 is 0 Å². The van der Waals surface area contributed by atoms with Crippen molar-refractivity contribution >= 4 is 5.91 Å². The van der Waals surface area contributed by atoms with Gasteiger partial charge in [0.2, 0.25) is 11.8 Å². The summed E-state index contributed by atoms with van der Waals surface area (Å²) in [6.45, 7) is 11.0. The molecule has 1 atom stereocenters. The van der Waals surface area contributed by atoms with E-state index in [4.69, 9.17) is 4.74 Å². The van der Waals surface area contributed by atoms with Gasteiger partial charge in [-0.1, -0.05) is 0 Å². The summed E-state index contributed by atoms with van der Waals surface area (Å²) in [4.78, 5) is 25.5. The van der Waals surface area contributed by atoms with E-state index in [0.29, 0.717) is 11.3 Å². The van der Waals surface area contributed by atoms with Crippen molar-refractivity contribution in [1.29, 1.82) is 0 Å². The van der Waals surface area contributed by atoms with Crippen LogP contribution in [0.3, 0.4) is 0 Å². The number of amides is 1. The predicted molar refractivity (Wildman–Crippen MR) is 99.2 cm³/mol. The molecule has 4 heterocycles. The van der Waals surface area contributed by atoms with Crippen molar-refractivity contribution in [2.45, 2.75) is 59.0 Å². The molecule has 0 saturated carbocycles. The molecular formula is C20H30N4O2. The molecule has 2 fully saturated rings. The van der Waals surface area contributed by atoms with E-state index in [2.05, 4.69) is 26.7 Å². The predicted octanol–water partition coefficient (Wildman–Crippen LogP) is 2.12. The Labute approximate surface area is 155 Å². The highest BCUT2D eigenvalue weighted by atomic mass is 16.5. The molecule has 26 heavy (non-hydrogen) atoms. The second-order valence-corrected chi connectivity index (χ2v) is 8.29. The first-order chi connectivity index (χ1) is 12.5. The molecule has 4 rings (SSSR count). The van der Waals surface area contributed by atoms with Gasteiger partial charge in [0.1, 0.15) is 11.9 Å². The van der Waals surface area contributed by atoms with E-state index in [-0.39, 0.29) is 6.10 Å². The lowest BCUT2D eigenvalue weighted by atomic mass is 9.72. The van der Waals surface area contributed by atoms with Crippen LogP contribution in [0.15, 0.2) is 0 Å². The van der Waals surface area contributed by atoms with Gasteiger partial charge >= 0.3 is 0 Å². The minimum absolute atomic E-state index is 0.189. The van der Waals surface area contributed by atoms with Gasteiger partial charge in [0.15, 0.2) is 0 Å². The lowest BCUT2D eigenvalue weighted by Gasteiger charge is -2.47. The fourth-order valence-corrected chi connectivity index (χ4v) is 4.86. The van der Waals surface area contributed by atoms with Crippen LogP contribution in [-0.2, 0) is 11.2 Å². The molecule has 0 aliphatic carbocycles. The third-order valence-electron chi connectivity index (χ3n) is 6.51. The second-order valence-electron chi connectivity index (χ2n) is 8.29. The van der Waals surface area contributed by atoms with E-state index in [1.54, 1.807) is 0 Å². The monoisotopic (exact) mass is 358 g/mol. The number of fused-ring (bicyclic) bond motifs is 1. The molecule has 1 amide bonds. The summed E-state index contributed by atoms with van der Waals surface area (Å²) in [6, 6.07) is 0. The van der Waals surface area contributed by atoms with E-state index >= 15 is 0 Å². The highest BCUT2D eigenvalue weighted by Gasteiger charge is 2.41. The molecule has 0 aromatic carbocycles. The number of carbonyl (C=O) groups excluding carboxylic acids is 1. The van der Waals surface area contributed by atoms with Gasteiger partial charge in [-0.3, -0.25) is 9.69 Å². The van der Waals surface area contributed by atoms with E-state index in [0.717, 1.165) is 69.4 Å². The Hall–Kier alpha value is -1.69. The number of carbonyl (C=O) groups is 1. The maximum absolute atomic E-state index is 12.0. The quantitative estimate of drug-likeness (QED) is 0.828. The van der Waals surface area contributed by atoms with Crippen LogP contribution in [0.2, 0.25) is 0 Å². The Morgan fingerprint density at radius 3 is 2.69 bits per heavy atom. The van der Waals surface area contributed by atoms with Crippen LogP contribution in [0.4, 0.5) is 0 Å². The minimum Gasteiger partial charge on any atom is -0.472 e. The number of hydrogen-bond donors (Lipinski definition) is 0. The highest BCUT2D eigenvalue weighted by molar-refractivity contribution is 5.77. The van der Waals surface area contributed by atoms with Crippen LogP contribution in [0.1, 0.15) is 49.7 Å². The normalized spacial score (nSPS) is 25.4. The smallest absolute Gasteiger partial charge is 0.222 e. The van der Waals surface area contributed by atoms with E-state index in [1.807, 2.05) is 13.8 Å². The Bertz CT molecular complexity index is 697. The van der Waals surface area contributed by atoms with Crippen molar-refractivity contribution in [2.75, 3.05) is 32.7 Å². The van der Waals surface area contributed by atoms with Gasteiger partial charge in [-0.15, -0.1) is 0 Å². The molecule has 142 valence electrons. The molecule has 6 nitrogen and oxygen atoms in total. The maximum atomic E-state index is 12.0. The molecule has 0 radical (unpaired) electrons. The Balaban J connectivity index is 1.32. The molecule has 6 heteroatoms. The Kier molecular flexibility index (Phi) is 4.63. The number of nitrogens with zero attached hydrogens (tertiary/aromatic N) is 4. The van der Waals surface area contributed by atoms with Gasteiger partial charge in [0, 0.05) is 43.7 Å². The third kappa shape index (κ3) is 3.31. The van der Waals surface area contributed by atoms with Crippen LogP contribution in [0, 0.1) is 19.3 Å². The van der Waals surface area contributed by atoms with Gasteiger partial charge in [-0.05, 0) is 58.5 Å². The summed E-state index contributed by atoms with van der Waals surface area (Å²) < 4.78 is 6.11. The van der Waals surface area contributed by atoms with E-state index in [1.165, 1.54) is 18.4 Å². The van der Waals surface area contributed by atoms with Crippen LogP contribution >= 0.6 is 0 Å². The van der Waals surface area contributed by atoms with Crippen LogP contribution in [-0.4, -0.2) is 64.5 Å². The van der Waals surface area contributed by atoms with Gasteiger partial charge in [-0.2, -0.15) is 4.98 Å². The zero-order valence-corrected chi connectivity index (χ0v) is 16.3. The number of ether oxygens (including phenoxy) is 1. The molecule has 0 bridgehead atoms. The van der Waals surface area contributed by atoms with Gasteiger partial charge in [-0.25, -0.2) is 4.98 Å². The lowest BCUT2D eigenvalue weighted by Crippen LogP contribution is -2.52. The third-order valence-corrected chi connectivity index (χ3v) is 6.51. The fourth-order valence-electron chi connectivity index (χ4n) is 4.86. The van der Waals surface area contributed by atoms with Crippen molar-refractivity contribution in [3.8, 4) is 5.88 Å². The highest BCUT2D eigenvalue weighted by Crippen LogP contribution is 2.40. The Morgan fingerprint density at radius 2 is 1.96 bits per heavy atom. The molecule has 3 aliphatic heterocycles. The maximum Gasteiger partial charge on any atom is 0.222 e. The SMILES string of the molecule is CCN1CC2(CCC1=O)CCN(C[C@@H]1Cc3c(C)nc(C)nc3O1)CC2. The first kappa shape index (κ1) is 17.7. The minimum atomic E-state index is 0.189. The number of piperidine rings is 2. The molecule has 2 saturated heterocycles. The summed E-state index contributed by atoms with van der Waals surface area (Å²) in [7, 11) is 0. The number of aryl methyl sites for hydroxylation is 2. The molecule has 0 unspecified atom stereocenters. The molecule has 1 aromatic rings. The van der Waals surface area contributed by atoms with Gasteiger partial charge in [0.05, 0.1) is 0 Å². The molecule has 3 aliphatic rings. The average Bonchev–Trinajstić information content (AvgIpc) is 3.02. The van der Waals surface area contributed by atoms with Crippen LogP contribution < -0.4 is 4.74 Å². The average molecular weight is 358 g/mol. The van der Waals surface area contributed by atoms with Gasteiger partial charge in [0.25, 0.3) is 0 Å². The topological polar surface area (TPSA) is 58.6 Å². The standard InChI is InChI=1S/C20H30N4O2/c1-4-24-13-20(6-5-18(24)25)7-9-23(10-8-20)12-16-11-17-14(2)21-15(3)22-19(17)26-16/h16H,4-13H2,1-3H3/t16-/m0/s1. The van der Waals surface area contributed by atoms with E-state index in [9.17, 15) is 4.79 Å². The van der Waals surface area contributed by atoms with Crippen molar-refractivity contribution < 1.29 is 9.53 Å². The number of aromatic nitrogens is 2. The summed E-state index contributed by atoms with van der Waals surface area (Å²) >= 11 is 0. The van der Waals surface area contributed by atoms with Crippen molar-refractivity contribution in [3.05, 3.63) is 17.1 Å². The number of likely N-dealkylation sites (tertiary alicyclic amines) is 2. The van der Waals surface area contributed by atoms with Gasteiger partial charge < -0.3 is 9.64 Å². The molecular weight excluding hydrogens is 328 g/mol. The zero-order chi connectivity index (χ0) is 18.3. The molecule has 1 spiro atoms. The summed E-state index contributed by atoms with van der Waals surface area (Å²) in [5.41, 5.74) is 2.58. The summed E-state index contributed by atoms with van der Waals surface area (Å²) in [5, 5.41) is 0. The summed E-state index contributed by atoms with van der Waals surface area (Å²) in [5.74, 6) is 1.91. The second kappa shape index (κ2) is 6.80. The largest absolute Gasteiger partial charge is 0.472 e. The van der Waals surface area contributed by atoms with Crippen LogP contribution in [0.25, 0.3) is 0 Å². The first-order valence-corrected chi connectivity index (χ1v) is 9.99. The molecule has 0 N–H and O–H groups in total. The molecule has 1 aromatic heterocycles. The fraction of sp³-hybridized carbons (Fsp3) is 0.750. The zero-order valence-electron chi connectivity index (χ0n) is 16.3. The van der Waals surface area contributed by atoms with Crippen LogP contribution in [0.5, 0.6) is 5.88 Å². The number of rotatable bonds is 3.